The van der Waals surface area contributed by atoms with Crippen molar-refractivity contribution in [3.8, 4) is 5.75 Å². The summed E-state index contributed by atoms with van der Waals surface area (Å²) in [4.78, 5) is 48.4. The topological polar surface area (TPSA) is 177 Å². The summed E-state index contributed by atoms with van der Waals surface area (Å²) in [5, 5.41) is 38.3. The van der Waals surface area contributed by atoms with Gasteiger partial charge in [-0.3, -0.25) is 14.4 Å². The fourth-order valence-electron chi connectivity index (χ4n) is 3.12. The summed E-state index contributed by atoms with van der Waals surface area (Å²) >= 11 is 0. The van der Waals surface area contributed by atoms with Gasteiger partial charge in [-0.1, -0.05) is 12.1 Å². The molecule has 0 spiro atoms. The van der Waals surface area contributed by atoms with E-state index in [1.54, 1.807) is 0 Å². The van der Waals surface area contributed by atoms with E-state index < -0.39 is 54.5 Å². The third kappa shape index (κ3) is 7.23. The average Bonchev–Trinajstić information content (AvgIpc) is 3.27. The van der Waals surface area contributed by atoms with E-state index in [0.29, 0.717) is 18.5 Å². The molecule has 1 aliphatic heterocycles. The molecule has 11 heteroatoms. The van der Waals surface area contributed by atoms with Crippen molar-refractivity contribution in [2.75, 3.05) is 13.2 Å². The van der Waals surface area contributed by atoms with Crippen LogP contribution in [0.25, 0.3) is 0 Å². The average molecular weight is 436 g/mol. The number of aromatic hydroxyl groups is 1. The number of nitrogens with one attached hydrogen (secondary N) is 4. The lowest BCUT2D eigenvalue weighted by molar-refractivity contribution is -0.142. The second-order valence-electron chi connectivity index (χ2n) is 7.39. The number of carboxylic acid groups (broad SMARTS) is 1. The zero-order chi connectivity index (χ0) is 23.0. The first-order chi connectivity index (χ1) is 14.7. The molecule has 31 heavy (non-hydrogen) atoms. The van der Waals surface area contributed by atoms with Crippen LogP contribution >= 0.6 is 0 Å². The van der Waals surface area contributed by atoms with E-state index in [0.717, 1.165) is 6.42 Å². The van der Waals surface area contributed by atoms with Gasteiger partial charge in [0.15, 0.2) is 0 Å². The smallest absolute Gasteiger partial charge is 0.326 e. The first-order valence-corrected chi connectivity index (χ1v) is 9.97. The zero-order valence-corrected chi connectivity index (χ0v) is 17.1. The van der Waals surface area contributed by atoms with Crippen LogP contribution in [0.4, 0.5) is 0 Å². The predicted molar refractivity (Wildman–Crippen MR) is 109 cm³/mol. The molecule has 1 aromatic carbocycles. The van der Waals surface area contributed by atoms with E-state index >= 15 is 0 Å². The minimum Gasteiger partial charge on any atom is -0.508 e. The van der Waals surface area contributed by atoms with Gasteiger partial charge >= 0.3 is 5.97 Å². The van der Waals surface area contributed by atoms with Crippen molar-refractivity contribution in [1.82, 2.24) is 21.3 Å². The molecule has 1 heterocycles. The number of carbonyl (C=O) groups is 4. The lowest BCUT2D eigenvalue weighted by Gasteiger charge is -2.22. The van der Waals surface area contributed by atoms with E-state index in [1.165, 1.54) is 31.2 Å². The maximum Gasteiger partial charge on any atom is 0.326 e. The quantitative estimate of drug-likeness (QED) is 0.225. The van der Waals surface area contributed by atoms with Gasteiger partial charge in [-0.25, -0.2) is 4.79 Å². The molecule has 0 saturated carbocycles. The monoisotopic (exact) mass is 436 g/mol. The summed E-state index contributed by atoms with van der Waals surface area (Å²) in [6.07, 6.45) is 1.44. The Morgan fingerprint density at radius 3 is 2.29 bits per heavy atom. The molecule has 7 N–H and O–H groups in total. The van der Waals surface area contributed by atoms with Gasteiger partial charge in [-0.15, -0.1) is 0 Å². The van der Waals surface area contributed by atoms with Gasteiger partial charge in [0.05, 0.1) is 12.6 Å². The van der Waals surface area contributed by atoms with Crippen LogP contribution in [0.5, 0.6) is 5.75 Å². The molecular weight excluding hydrogens is 408 g/mol. The van der Waals surface area contributed by atoms with Crippen LogP contribution in [0.15, 0.2) is 24.3 Å². The van der Waals surface area contributed by atoms with Gasteiger partial charge in [-0.2, -0.15) is 0 Å². The molecule has 1 saturated heterocycles. The molecule has 1 fully saturated rings. The largest absolute Gasteiger partial charge is 0.508 e. The minimum absolute atomic E-state index is 0.0221. The fourth-order valence-corrected chi connectivity index (χ4v) is 3.12. The summed E-state index contributed by atoms with van der Waals surface area (Å²) in [6, 6.07) is 1.86. The van der Waals surface area contributed by atoms with Gasteiger partial charge in [0.1, 0.15) is 23.9 Å². The molecule has 0 bridgehead atoms. The number of aliphatic hydroxyl groups excluding tert-OH is 1. The zero-order valence-electron chi connectivity index (χ0n) is 17.1. The normalized spacial score (nSPS) is 18.5. The predicted octanol–water partition coefficient (Wildman–Crippen LogP) is -1.76. The van der Waals surface area contributed by atoms with Crippen molar-refractivity contribution in [3.05, 3.63) is 29.8 Å². The van der Waals surface area contributed by atoms with Crippen LogP contribution in [0, 0.1) is 0 Å². The Labute approximate surface area is 179 Å². The molecule has 2 rings (SSSR count). The van der Waals surface area contributed by atoms with Gasteiger partial charge in [0.25, 0.3) is 0 Å². The molecule has 3 amide bonds. The molecule has 0 radical (unpaired) electrons. The number of aliphatic hydroxyl groups is 1. The van der Waals surface area contributed by atoms with Crippen molar-refractivity contribution < 1.29 is 34.5 Å². The van der Waals surface area contributed by atoms with Crippen LogP contribution in [0.2, 0.25) is 0 Å². The Bertz CT molecular complexity index is 793. The first kappa shape index (κ1) is 24.1. The minimum atomic E-state index is -1.26. The van der Waals surface area contributed by atoms with Crippen molar-refractivity contribution in [2.45, 2.75) is 50.4 Å². The summed E-state index contributed by atoms with van der Waals surface area (Å²) in [5.41, 5.74) is 0.589. The number of carbonyl (C=O) groups excluding carboxylic acids is 3. The Balaban J connectivity index is 1.90. The number of amides is 3. The number of rotatable bonds is 10. The highest BCUT2D eigenvalue weighted by molar-refractivity contribution is 5.94. The molecular formula is C20H28N4O7. The first-order valence-electron chi connectivity index (χ1n) is 9.97. The highest BCUT2D eigenvalue weighted by Crippen LogP contribution is 2.11. The van der Waals surface area contributed by atoms with Crippen LogP contribution in [0.1, 0.15) is 25.3 Å². The second kappa shape index (κ2) is 11.3. The number of phenols is 1. The SMILES string of the molecule is CC(NC(=O)C(CO)NC(=O)C1CCCN1)C(=O)NC(Cc1ccc(O)cc1)C(=O)O. The third-order valence-electron chi connectivity index (χ3n) is 4.94. The summed E-state index contributed by atoms with van der Waals surface area (Å²) in [6.45, 7) is 1.40. The van der Waals surface area contributed by atoms with Gasteiger partial charge in [-0.05, 0) is 44.0 Å². The van der Waals surface area contributed by atoms with E-state index in [9.17, 15) is 34.5 Å². The third-order valence-corrected chi connectivity index (χ3v) is 4.94. The van der Waals surface area contributed by atoms with Gasteiger partial charge < -0.3 is 36.6 Å². The Morgan fingerprint density at radius 2 is 1.74 bits per heavy atom. The number of benzene rings is 1. The van der Waals surface area contributed by atoms with Gasteiger partial charge in [0.2, 0.25) is 17.7 Å². The number of phenolic OH excluding ortho intramolecular Hbond substituents is 1. The lowest BCUT2D eigenvalue weighted by Crippen LogP contribution is -2.57. The van der Waals surface area contributed by atoms with E-state index in [4.69, 9.17) is 0 Å². The molecule has 4 unspecified atom stereocenters. The molecule has 1 aliphatic rings. The maximum atomic E-state index is 12.4. The van der Waals surface area contributed by atoms with E-state index in [2.05, 4.69) is 21.3 Å². The Kier molecular flexibility index (Phi) is 8.76. The van der Waals surface area contributed by atoms with Gasteiger partial charge in [0, 0.05) is 6.42 Å². The van der Waals surface area contributed by atoms with Crippen LogP contribution in [-0.2, 0) is 25.6 Å². The van der Waals surface area contributed by atoms with E-state index in [-0.39, 0.29) is 12.2 Å². The lowest BCUT2D eigenvalue weighted by atomic mass is 10.1. The molecule has 170 valence electrons. The van der Waals surface area contributed by atoms with Crippen molar-refractivity contribution in [1.29, 1.82) is 0 Å². The maximum absolute atomic E-state index is 12.4. The molecule has 11 nitrogen and oxygen atoms in total. The molecule has 1 aromatic rings. The van der Waals surface area contributed by atoms with Crippen molar-refractivity contribution >= 4 is 23.7 Å². The second-order valence-corrected chi connectivity index (χ2v) is 7.39. The Morgan fingerprint density at radius 1 is 1.06 bits per heavy atom. The Hall–Kier alpha value is -3.18. The van der Waals surface area contributed by atoms with Crippen molar-refractivity contribution in [3.63, 3.8) is 0 Å². The van der Waals surface area contributed by atoms with Crippen molar-refractivity contribution in [2.24, 2.45) is 0 Å². The molecule has 0 aromatic heterocycles. The van der Waals surface area contributed by atoms with Crippen LogP contribution < -0.4 is 21.3 Å². The van der Waals surface area contributed by atoms with Crippen LogP contribution in [0.3, 0.4) is 0 Å². The number of hydrogen-bond donors (Lipinski definition) is 7. The number of carboxylic acids is 1. The van der Waals surface area contributed by atoms with E-state index in [1.807, 2.05) is 0 Å². The van der Waals surface area contributed by atoms with Crippen LogP contribution in [-0.4, -0.2) is 76.3 Å². The summed E-state index contributed by atoms with van der Waals surface area (Å²) < 4.78 is 0. The highest BCUT2D eigenvalue weighted by atomic mass is 16.4. The number of aliphatic carboxylic acids is 1. The molecule has 0 aliphatic carbocycles. The number of hydrogen-bond acceptors (Lipinski definition) is 7. The fraction of sp³-hybridized carbons (Fsp3) is 0.500. The highest BCUT2D eigenvalue weighted by Gasteiger charge is 2.29. The standard InChI is InChI=1S/C20H28N4O7/c1-11(22-19(29)16(10-25)24-18(28)14-3-2-8-21-14)17(27)23-15(20(30)31)9-12-4-6-13(26)7-5-12/h4-7,11,14-16,21,25-26H,2-3,8-10H2,1H3,(H,22,29)(H,23,27)(H,24,28)(H,30,31). The summed E-state index contributed by atoms with van der Waals surface area (Å²) in [7, 11) is 0. The molecule has 4 atom stereocenters. The summed E-state index contributed by atoms with van der Waals surface area (Å²) in [5.74, 6) is -3.14.